The molecule has 110 valence electrons. The minimum atomic E-state index is -0.599. The van der Waals surface area contributed by atoms with Crippen LogP contribution in [0, 0.1) is 10.1 Å². The minimum Gasteiger partial charge on any atom is -0.415 e. The lowest BCUT2D eigenvalue weighted by Crippen LogP contribution is -2.03. The minimum absolute atomic E-state index is 0.000206. The molecule has 0 radical (unpaired) electrons. The maximum absolute atomic E-state index is 12.2. The van der Waals surface area contributed by atoms with Crippen molar-refractivity contribution < 1.29 is 9.34 Å². The van der Waals surface area contributed by atoms with Gasteiger partial charge in [-0.25, -0.2) is 9.78 Å². The fraction of sp³-hybridized carbons (Fsp3) is 0.200. The fourth-order valence-corrected chi connectivity index (χ4v) is 3.30. The summed E-state index contributed by atoms with van der Waals surface area (Å²) in [7, 11) is 0. The molecule has 22 heavy (non-hydrogen) atoms. The average molecular weight is 314 g/mol. The van der Waals surface area contributed by atoms with E-state index in [9.17, 15) is 14.9 Å². The van der Waals surface area contributed by atoms with Crippen LogP contribution in [0.2, 0.25) is 0 Å². The van der Waals surface area contributed by atoms with Gasteiger partial charge >= 0.3 is 11.3 Å². The average Bonchev–Trinajstić information content (AvgIpc) is 3.24. The number of thiazole rings is 1. The van der Waals surface area contributed by atoms with E-state index in [-0.39, 0.29) is 11.3 Å². The number of hydrogen-bond acceptors (Lipinski definition) is 6. The van der Waals surface area contributed by atoms with Crippen molar-refractivity contribution in [2.75, 3.05) is 0 Å². The van der Waals surface area contributed by atoms with Crippen molar-refractivity contribution in [3.63, 3.8) is 0 Å². The third-order valence-electron chi connectivity index (χ3n) is 3.68. The van der Waals surface area contributed by atoms with Crippen LogP contribution in [0.5, 0.6) is 0 Å². The van der Waals surface area contributed by atoms with E-state index in [2.05, 4.69) is 4.98 Å². The topological polar surface area (TPSA) is 86.2 Å². The van der Waals surface area contributed by atoms with Gasteiger partial charge in [0.25, 0.3) is 0 Å². The third kappa shape index (κ3) is 2.10. The second-order valence-electron chi connectivity index (χ2n) is 5.25. The molecular weight excluding hydrogens is 304 g/mol. The first-order valence-corrected chi connectivity index (χ1v) is 7.68. The maximum Gasteiger partial charge on any atom is 0.346 e. The molecule has 4 rings (SSSR count). The highest BCUT2D eigenvalue weighted by atomic mass is 32.1. The van der Waals surface area contributed by atoms with Crippen molar-refractivity contribution in [2.45, 2.75) is 18.8 Å². The van der Waals surface area contributed by atoms with Crippen LogP contribution < -0.4 is 5.63 Å². The zero-order valence-electron chi connectivity index (χ0n) is 11.3. The number of nitrogens with zero attached hydrogens (tertiary/aromatic N) is 2. The molecular formula is C15H10N2O4S. The Morgan fingerprint density at radius 3 is 2.91 bits per heavy atom. The molecule has 1 aliphatic carbocycles. The quantitative estimate of drug-likeness (QED) is 0.418. The predicted molar refractivity (Wildman–Crippen MR) is 82.2 cm³/mol. The maximum atomic E-state index is 12.2. The molecule has 2 aromatic heterocycles. The van der Waals surface area contributed by atoms with Crippen molar-refractivity contribution in [1.29, 1.82) is 0 Å². The summed E-state index contributed by atoms with van der Waals surface area (Å²) in [5.41, 5.74) is 0.557. The summed E-state index contributed by atoms with van der Waals surface area (Å²) < 4.78 is 5.19. The van der Waals surface area contributed by atoms with E-state index in [0.29, 0.717) is 21.9 Å². The first-order valence-electron chi connectivity index (χ1n) is 6.80. The summed E-state index contributed by atoms with van der Waals surface area (Å²) in [5.74, 6) is 0.513. The lowest BCUT2D eigenvalue weighted by atomic mass is 10.1. The Hall–Kier alpha value is -2.54. The molecule has 0 amide bonds. The summed E-state index contributed by atoms with van der Waals surface area (Å²) >= 11 is 1.40. The van der Waals surface area contributed by atoms with Crippen LogP contribution >= 0.6 is 11.3 Å². The first kappa shape index (κ1) is 13.1. The third-order valence-corrected chi connectivity index (χ3v) is 4.58. The summed E-state index contributed by atoms with van der Waals surface area (Å²) in [5, 5.41) is 14.1. The molecule has 0 saturated heterocycles. The van der Waals surface area contributed by atoms with Gasteiger partial charge in [0.2, 0.25) is 5.58 Å². The van der Waals surface area contributed by atoms with E-state index < -0.39 is 10.5 Å². The van der Waals surface area contributed by atoms with E-state index in [0.717, 1.165) is 18.5 Å². The monoisotopic (exact) mass is 314 g/mol. The van der Waals surface area contributed by atoms with E-state index in [1.807, 2.05) is 5.38 Å². The highest BCUT2D eigenvalue weighted by Gasteiger charge is 2.27. The van der Waals surface area contributed by atoms with Gasteiger partial charge in [-0.05, 0) is 18.9 Å². The largest absolute Gasteiger partial charge is 0.415 e. The van der Waals surface area contributed by atoms with Crippen LogP contribution in [-0.4, -0.2) is 9.91 Å². The Kier molecular flexibility index (Phi) is 2.83. The number of nitro groups is 1. The van der Waals surface area contributed by atoms with Gasteiger partial charge in [0.1, 0.15) is 5.01 Å². The lowest BCUT2D eigenvalue weighted by Gasteiger charge is -2.00. The van der Waals surface area contributed by atoms with Crippen molar-refractivity contribution in [1.82, 2.24) is 4.98 Å². The first-order chi connectivity index (χ1) is 10.6. The molecule has 0 spiro atoms. The molecule has 0 aliphatic heterocycles. The summed E-state index contributed by atoms with van der Waals surface area (Å²) in [6.45, 7) is 0. The standard InChI is InChI=1S/C15H10N2O4S/c18-15-10(14-16-11(7-22-14)8-4-5-8)6-9-2-1-3-12(17(19)20)13(9)21-15/h1-3,6-8H,4-5H2. The van der Waals surface area contributed by atoms with Crippen LogP contribution in [-0.2, 0) is 0 Å². The number of fused-ring (bicyclic) bond motifs is 1. The number of para-hydroxylation sites is 1. The number of nitro benzene ring substituents is 1. The zero-order valence-corrected chi connectivity index (χ0v) is 12.1. The van der Waals surface area contributed by atoms with Crippen LogP contribution in [0.1, 0.15) is 24.5 Å². The molecule has 7 heteroatoms. The number of non-ortho nitro benzene ring substituents is 1. The molecule has 1 fully saturated rings. The molecule has 0 unspecified atom stereocenters. The number of aromatic nitrogens is 1. The smallest absolute Gasteiger partial charge is 0.346 e. The van der Waals surface area contributed by atoms with E-state index in [1.54, 1.807) is 18.2 Å². The zero-order chi connectivity index (χ0) is 15.3. The van der Waals surface area contributed by atoms with Gasteiger partial charge in [-0.1, -0.05) is 12.1 Å². The van der Waals surface area contributed by atoms with Gasteiger partial charge in [0.15, 0.2) is 0 Å². The van der Waals surface area contributed by atoms with Crippen LogP contribution in [0.4, 0.5) is 5.69 Å². The van der Waals surface area contributed by atoms with Crippen LogP contribution in [0.25, 0.3) is 21.5 Å². The Balaban J connectivity index is 1.89. The van der Waals surface area contributed by atoms with E-state index >= 15 is 0 Å². The van der Waals surface area contributed by atoms with Crippen molar-refractivity contribution in [3.8, 4) is 10.6 Å². The molecule has 1 aliphatic rings. The van der Waals surface area contributed by atoms with Crippen molar-refractivity contribution in [3.05, 3.63) is 55.9 Å². The molecule has 6 nitrogen and oxygen atoms in total. The number of benzene rings is 1. The lowest BCUT2D eigenvalue weighted by molar-refractivity contribution is -0.383. The van der Waals surface area contributed by atoms with Crippen molar-refractivity contribution in [2.24, 2.45) is 0 Å². The Labute approximate surface area is 128 Å². The molecule has 0 N–H and O–H groups in total. The molecule has 3 aromatic rings. The summed E-state index contributed by atoms with van der Waals surface area (Å²) in [4.78, 5) is 27.1. The van der Waals surface area contributed by atoms with Gasteiger partial charge in [0, 0.05) is 22.8 Å². The molecule has 0 bridgehead atoms. The van der Waals surface area contributed by atoms with Gasteiger partial charge in [-0.2, -0.15) is 0 Å². The summed E-state index contributed by atoms with van der Waals surface area (Å²) in [6.07, 6.45) is 2.28. The second-order valence-corrected chi connectivity index (χ2v) is 6.11. The Morgan fingerprint density at radius 1 is 1.36 bits per heavy atom. The van der Waals surface area contributed by atoms with Gasteiger partial charge in [0.05, 0.1) is 16.2 Å². The predicted octanol–water partition coefficient (Wildman–Crippen LogP) is 3.70. The fourth-order valence-electron chi connectivity index (χ4n) is 2.40. The van der Waals surface area contributed by atoms with Gasteiger partial charge in [-0.15, -0.1) is 11.3 Å². The van der Waals surface area contributed by atoms with Crippen LogP contribution in [0.3, 0.4) is 0 Å². The van der Waals surface area contributed by atoms with Crippen molar-refractivity contribution >= 4 is 28.0 Å². The molecule has 2 heterocycles. The molecule has 1 saturated carbocycles. The SMILES string of the molecule is O=c1oc2c([N+](=O)[O-])cccc2cc1-c1nc(C2CC2)cs1. The summed E-state index contributed by atoms with van der Waals surface area (Å²) in [6, 6.07) is 6.19. The molecule has 1 aromatic carbocycles. The van der Waals surface area contributed by atoms with Crippen LogP contribution in [0.15, 0.2) is 38.9 Å². The highest BCUT2D eigenvalue weighted by molar-refractivity contribution is 7.13. The van der Waals surface area contributed by atoms with E-state index in [4.69, 9.17) is 4.42 Å². The number of rotatable bonds is 3. The Bertz CT molecular complexity index is 956. The number of hydrogen-bond donors (Lipinski definition) is 0. The second kappa shape index (κ2) is 4.74. The van der Waals surface area contributed by atoms with E-state index in [1.165, 1.54) is 17.4 Å². The Morgan fingerprint density at radius 2 is 2.18 bits per heavy atom. The molecule has 0 atom stereocenters. The normalized spacial score (nSPS) is 14.4. The highest BCUT2D eigenvalue weighted by Crippen LogP contribution is 2.41. The van der Waals surface area contributed by atoms with Gasteiger partial charge in [-0.3, -0.25) is 10.1 Å². The van der Waals surface area contributed by atoms with Gasteiger partial charge < -0.3 is 4.42 Å².